The summed E-state index contributed by atoms with van der Waals surface area (Å²) < 4.78 is 4.46. The summed E-state index contributed by atoms with van der Waals surface area (Å²) in [6.45, 7) is 3.16. The van der Waals surface area contributed by atoms with Gasteiger partial charge in [-0.15, -0.1) is 0 Å². The number of rotatable bonds is 4. The van der Waals surface area contributed by atoms with Crippen molar-refractivity contribution >= 4 is 11.8 Å². The maximum Gasteiger partial charge on any atom is 0.335 e. The maximum atomic E-state index is 10.7. The number of carbonyl (C=O) groups excluding carboxylic acids is 2. The lowest BCUT2D eigenvalue weighted by molar-refractivity contribution is -0.154. The van der Waals surface area contributed by atoms with Crippen LogP contribution >= 0.6 is 0 Å². The first-order chi connectivity index (χ1) is 5.07. The van der Waals surface area contributed by atoms with Gasteiger partial charge >= 0.3 is 5.97 Å². The lowest BCUT2D eigenvalue weighted by Gasteiger charge is -2.06. The van der Waals surface area contributed by atoms with Gasteiger partial charge < -0.3 is 9.84 Å². The molecule has 0 aromatic rings. The molecule has 0 radical (unpaired) electrons. The third-order valence-electron chi connectivity index (χ3n) is 1.04. The lowest BCUT2D eigenvalue weighted by atomic mass is 10.2. The van der Waals surface area contributed by atoms with Gasteiger partial charge in [0.1, 0.15) is 5.78 Å². The van der Waals surface area contributed by atoms with Crippen molar-refractivity contribution in [1.29, 1.82) is 0 Å². The summed E-state index contributed by atoms with van der Waals surface area (Å²) in [6.07, 6.45) is -1.47. The number of Topliss-reactive ketones (excluding diaryl/α,β-unsaturated/α-hetero) is 1. The number of carbonyl (C=O) groups is 2. The highest BCUT2D eigenvalue weighted by molar-refractivity contribution is 5.84. The highest BCUT2D eigenvalue weighted by atomic mass is 16.5. The van der Waals surface area contributed by atoms with Crippen LogP contribution < -0.4 is 0 Å². The van der Waals surface area contributed by atoms with Gasteiger partial charge in [-0.25, -0.2) is 4.79 Å². The third-order valence-corrected chi connectivity index (χ3v) is 1.04. The van der Waals surface area contributed by atoms with Gasteiger partial charge in [0.25, 0.3) is 0 Å². The summed E-state index contributed by atoms with van der Waals surface area (Å²) >= 11 is 0. The van der Waals surface area contributed by atoms with Crippen LogP contribution in [0.15, 0.2) is 0 Å². The molecule has 0 rings (SSSR count). The van der Waals surface area contributed by atoms with E-state index >= 15 is 0 Å². The Balaban J connectivity index is 3.73. The minimum Gasteiger partial charge on any atom is -0.464 e. The molecule has 0 spiro atoms. The summed E-state index contributed by atoms with van der Waals surface area (Å²) in [7, 11) is 0. The Kier molecular flexibility index (Phi) is 4.45. The fourth-order valence-corrected chi connectivity index (χ4v) is 0.594. The van der Waals surface area contributed by atoms with E-state index in [1.165, 1.54) is 6.92 Å². The molecule has 0 unspecified atom stereocenters. The summed E-state index contributed by atoms with van der Waals surface area (Å²) in [5.74, 6) is -0.965. The Morgan fingerprint density at radius 2 is 2.09 bits per heavy atom. The molecule has 0 bridgehead atoms. The fraction of sp³-hybridized carbons (Fsp3) is 0.714. The molecule has 64 valence electrons. The topological polar surface area (TPSA) is 63.6 Å². The van der Waals surface area contributed by atoms with Crippen molar-refractivity contribution in [2.24, 2.45) is 0 Å². The molecule has 0 aliphatic heterocycles. The van der Waals surface area contributed by atoms with Crippen LogP contribution in [0, 0.1) is 0 Å². The molecule has 0 aromatic heterocycles. The Labute approximate surface area is 65.2 Å². The Morgan fingerprint density at radius 1 is 1.55 bits per heavy atom. The molecule has 1 N–H and O–H groups in total. The van der Waals surface area contributed by atoms with E-state index in [1.54, 1.807) is 6.92 Å². The zero-order valence-electron chi connectivity index (χ0n) is 6.66. The van der Waals surface area contributed by atoms with Gasteiger partial charge in [0, 0.05) is 6.42 Å². The lowest BCUT2D eigenvalue weighted by Crippen LogP contribution is -2.25. The normalized spacial score (nSPS) is 12.3. The second kappa shape index (κ2) is 4.85. The standard InChI is InChI=1S/C7H12O4/c1-3-11-7(10)6(9)4-5(2)8/h6,9H,3-4H2,1-2H3/t6-/m1/s1. The number of ketones is 1. The molecule has 0 saturated heterocycles. The maximum absolute atomic E-state index is 10.7. The first-order valence-corrected chi connectivity index (χ1v) is 3.42. The average Bonchev–Trinajstić information content (AvgIpc) is 1.86. The molecule has 0 aromatic carbocycles. The van der Waals surface area contributed by atoms with E-state index in [1.807, 2.05) is 0 Å². The first-order valence-electron chi connectivity index (χ1n) is 3.42. The summed E-state index contributed by atoms with van der Waals surface area (Å²) in [5, 5.41) is 8.92. The van der Waals surface area contributed by atoms with E-state index in [-0.39, 0.29) is 18.8 Å². The van der Waals surface area contributed by atoms with Crippen molar-refractivity contribution in [1.82, 2.24) is 0 Å². The van der Waals surface area contributed by atoms with Crippen LogP contribution in [0.2, 0.25) is 0 Å². The molecule has 0 aliphatic carbocycles. The van der Waals surface area contributed by atoms with Gasteiger partial charge in [-0.1, -0.05) is 0 Å². The second-order valence-electron chi connectivity index (χ2n) is 2.17. The quantitative estimate of drug-likeness (QED) is 0.583. The van der Waals surface area contributed by atoms with Gasteiger partial charge in [-0.05, 0) is 13.8 Å². The van der Waals surface area contributed by atoms with E-state index in [0.717, 1.165) is 0 Å². The zero-order chi connectivity index (χ0) is 8.85. The predicted molar refractivity (Wildman–Crippen MR) is 37.9 cm³/mol. The molecule has 0 fully saturated rings. The highest BCUT2D eigenvalue weighted by Crippen LogP contribution is 1.95. The van der Waals surface area contributed by atoms with Crippen molar-refractivity contribution < 1.29 is 19.4 Å². The Morgan fingerprint density at radius 3 is 2.45 bits per heavy atom. The number of esters is 1. The molecule has 0 saturated carbocycles. The molecule has 4 heteroatoms. The van der Waals surface area contributed by atoms with Gasteiger partial charge in [-0.2, -0.15) is 0 Å². The van der Waals surface area contributed by atoms with Crippen LogP contribution in [0.1, 0.15) is 20.3 Å². The monoisotopic (exact) mass is 160 g/mol. The highest BCUT2D eigenvalue weighted by Gasteiger charge is 2.17. The molecule has 11 heavy (non-hydrogen) atoms. The van der Waals surface area contributed by atoms with Crippen molar-refractivity contribution in [3.05, 3.63) is 0 Å². The molecular formula is C7H12O4. The largest absolute Gasteiger partial charge is 0.464 e. The summed E-state index contributed by atoms with van der Waals surface area (Å²) in [4.78, 5) is 21.0. The molecule has 0 heterocycles. The van der Waals surface area contributed by atoms with Crippen LogP contribution in [-0.4, -0.2) is 29.6 Å². The summed E-state index contributed by atoms with van der Waals surface area (Å²) in [6, 6.07) is 0. The van der Waals surface area contributed by atoms with E-state index in [4.69, 9.17) is 5.11 Å². The SMILES string of the molecule is CCOC(=O)[C@H](O)CC(C)=O. The van der Waals surface area contributed by atoms with Gasteiger partial charge in [0.05, 0.1) is 6.61 Å². The molecule has 0 amide bonds. The number of aliphatic hydroxyl groups is 1. The van der Waals surface area contributed by atoms with Gasteiger partial charge in [0.2, 0.25) is 0 Å². The summed E-state index contributed by atoms with van der Waals surface area (Å²) in [5.41, 5.74) is 0. The van der Waals surface area contributed by atoms with Gasteiger partial charge in [0.15, 0.2) is 6.10 Å². The molecule has 4 nitrogen and oxygen atoms in total. The van der Waals surface area contributed by atoms with Crippen molar-refractivity contribution in [3.63, 3.8) is 0 Å². The number of ether oxygens (including phenoxy) is 1. The van der Waals surface area contributed by atoms with E-state index < -0.39 is 12.1 Å². The molecule has 0 aliphatic rings. The van der Waals surface area contributed by atoms with E-state index in [2.05, 4.69) is 4.74 Å². The van der Waals surface area contributed by atoms with Crippen LogP contribution in [0.4, 0.5) is 0 Å². The number of hydrogen-bond donors (Lipinski definition) is 1. The second-order valence-corrected chi connectivity index (χ2v) is 2.17. The number of aliphatic hydroxyl groups excluding tert-OH is 1. The van der Waals surface area contributed by atoms with Crippen LogP contribution in [0.3, 0.4) is 0 Å². The Hall–Kier alpha value is -0.900. The first kappa shape index (κ1) is 10.1. The van der Waals surface area contributed by atoms with E-state index in [0.29, 0.717) is 0 Å². The van der Waals surface area contributed by atoms with Crippen LogP contribution in [0.5, 0.6) is 0 Å². The van der Waals surface area contributed by atoms with Crippen molar-refractivity contribution in [2.45, 2.75) is 26.4 Å². The third kappa shape index (κ3) is 4.50. The smallest absolute Gasteiger partial charge is 0.335 e. The predicted octanol–water partition coefficient (Wildman–Crippen LogP) is -0.111. The number of hydrogen-bond acceptors (Lipinski definition) is 4. The van der Waals surface area contributed by atoms with Crippen molar-refractivity contribution in [2.75, 3.05) is 6.61 Å². The van der Waals surface area contributed by atoms with Crippen LogP contribution in [0.25, 0.3) is 0 Å². The van der Waals surface area contributed by atoms with E-state index in [9.17, 15) is 9.59 Å². The Bertz CT molecular complexity index is 153. The van der Waals surface area contributed by atoms with Gasteiger partial charge in [-0.3, -0.25) is 4.79 Å². The minimum absolute atomic E-state index is 0.168. The fourth-order valence-electron chi connectivity index (χ4n) is 0.594. The zero-order valence-corrected chi connectivity index (χ0v) is 6.66. The molecule has 1 atom stereocenters. The minimum atomic E-state index is -1.30. The molecular weight excluding hydrogens is 148 g/mol. The van der Waals surface area contributed by atoms with Crippen LogP contribution in [-0.2, 0) is 14.3 Å². The average molecular weight is 160 g/mol. The van der Waals surface area contributed by atoms with Crippen molar-refractivity contribution in [3.8, 4) is 0 Å².